The summed E-state index contributed by atoms with van der Waals surface area (Å²) in [5.41, 5.74) is 5.60. The maximum Gasteiger partial charge on any atom is 0.129 e. The fraction of sp³-hybridized carbons (Fsp3) is 0.500. The third-order valence-electron chi connectivity index (χ3n) is 2.56. The summed E-state index contributed by atoms with van der Waals surface area (Å²) in [5.74, 6) is -0.483. The highest BCUT2D eigenvalue weighted by atomic mass is 35.5. The Hall–Kier alpha value is -0.350. The molecule has 0 fully saturated rings. The molecular formula is C12H18Cl2FNO. The van der Waals surface area contributed by atoms with Crippen LogP contribution in [0.1, 0.15) is 32.4 Å². The monoisotopic (exact) mass is 281 g/mol. The van der Waals surface area contributed by atoms with Gasteiger partial charge in [-0.05, 0) is 17.5 Å². The van der Waals surface area contributed by atoms with E-state index in [1.165, 1.54) is 12.1 Å². The number of benzene rings is 1. The van der Waals surface area contributed by atoms with Crippen molar-refractivity contribution < 1.29 is 9.50 Å². The molecule has 0 saturated carbocycles. The SMILES string of the molecule is CC(C)(C)[C@@H](O)[C@@H](N)c1c(F)cccc1Cl.Cl. The first kappa shape index (κ1) is 16.6. The standard InChI is InChI=1S/C12H17ClFNO.ClH/c1-12(2,3)11(16)10(15)9-7(13)5-4-6-8(9)14;/h4-6,10-11,16H,15H2,1-3H3;1H/t10-,11-;/m0./s1. The predicted octanol–water partition coefficient (Wildman–Crippen LogP) is 3.31. The maximum absolute atomic E-state index is 13.6. The first-order valence-electron chi connectivity index (χ1n) is 5.12. The van der Waals surface area contributed by atoms with Crippen molar-refractivity contribution in [3.8, 4) is 0 Å². The third kappa shape index (κ3) is 3.81. The largest absolute Gasteiger partial charge is 0.391 e. The summed E-state index contributed by atoms with van der Waals surface area (Å²) in [6, 6.07) is 3.54. The van der Waals surface area contributed by atoms with Gasteiger partial charge in [0.1, 0.15) is 5.82 Å². The summed E-state index contributed by atoms with van der Waals surface area (Å²) in [6.45, 7) is 5.52. The highest BCUT2D eigenvalue weighted by molar-refractivity contribution is 6.31. The van der Waals surface area contributed by atoms with Gasteiger partial charge in [-0.25, -0.2) is 4.39 Å². The number of hydrogen-bond acceptors (Lipinski definition) is 2. The zero-order valence-corrected chi connectivity index (χ0v) is 11.6. The van der Waals surface area contributed by atoms with Gasteiger partial charge in [0.15, 0.2) is 0 Å². The quantitative estimate of drug-likeness (QED) is 0.874. The molecule has 5 heteroatoms. The maximum atomic E-state index is 13.6. The molecule has 0 aromatic heterocycles. The van der Waals surface area contributed by atoms with E-state index in [4.69, 9.17) is 17.3 Å². The van der Waals surface area contributed by atoms with Gasteiger partial charge >= 0.3 is 0 Å². The Kier molecular flexibility index (Phi) is 5.88. The number of hydrogen-bond donors (Lipinski definition) is 2. The highest BCUT2D eigenvalue weighted by Crippen LogP contribution is 2.33. The van der Waals surface area contributed by atoms with Crippen LogP contribution in [0.4, 0.5) is 4.39 Å². The Morgan fingerprint density at radius 3 is 2.29 bits per heavy atom. The van der Waals surface area contributed by atoms with Gasteiger partial charge < -0.3 is 10.8 Å². The number of halogens is 3. The second-order valence-corrected chi connectivity index (χ2v) is 5.38. The van der Waals surface area contributed by atoms with Crippen molar-refractivity contribution in [2.45, 2.75) is 32.9 Å². The first-order valence-corrected chi connectivity index (χ1v) is 5.50. The lowest BCUT2D eigenvalue weighted by Gasteiger charge is -2.31. The van der Waals surface area contributed by atoms with Crippen LogP contribution in [0.15, 0.2) is 18.2 Å². The number of rotatable bonds is 2. The van der Waals surface area contributed by atoms with Crippen molar-refractivity contribution in [1.82, 2.24) is 0 Å². The van der Waals surface area contributed by atoms with Crippen LogP contribution in [0.2, 0.25) is 5.02 Å². The molecule has 0 radical (unpaired) electrons. The summed E-state index contributed by atoms with van der Waals surface area (Å²) >= 11 is 5.89. The molecule has 3 N–H and O–H groups in total. The third-order valence-corrected chi connectivity index (χ3v) is 2.89. The molecule has 1 rings (SSSR count). The van der Waals surface area contributed by atoms with Gasteiger partial charge in [-0.15, -0.1) is 12.4 Å². The smallest absolute Gasteiger partial charge is 0.129 e. The number of aliphatic hydroxyl groups excluding tert-OH is 1. The summed E-state index contributed by atoms with van der Waals surface area (Å²) in [7, 11) is 0. The molecule has 2 nitrogen and oxygen atoms in total. The lowest BCUT2D eigenvalue weighted by Crippen LogP contribution is -2.37. The molecule has 0 spiro atoms. The van der Waals surface area contributed by atoms with Crippen molar-refractivity contribution in [3.05, 3.63) is 34.6 Å². The minimum absolute atomic E-state index is 0. The molecule has 0 aliphatic rings. The lowest BCUT2D eigenvalue weighted by molar-refractivity contribution is 0.0392. The van der Waals surface area contributed by atoms with Gasteiger partial charge in [-0.2, -0.15) is 0 Å². The van der Waals surface area contributed by atoms with Crippen molar-refractivity contribution in [2.24, 2.45) is 11.1 Å². The second-order valence-electron chi connectivity index (χ2n) is 4.97. The molecule has 0 unspecified atom stereocenters. The molecule has 2 atom stereocenters. The van der Waals surface area contributed by atoms with Crippen LogP contribution in [0.5, 0.6) is 0 Å². The zero-order valence-electron chi connectivity index (χ0n) is 10.1. The highest BCUT2D eigenvalue weighted by Gasteiger charge is 2.31. The van der Waals surface area contributed by atoms with Crippen LogP contribution in [0.3, 0.4) is 0 Å². The van der Waals surface area contributed by atoms with Gasteiger partial charge in [0.2, 0.25) is 0 Å². The van der Waals surface area contributed by atoms with Crippen LogP contribution in [-0.2, 0) is 0 Å². The van der Waals surface area contributed by atoms with E-state index in [0.29, 0.717) is 0 Å². The molecule has 0 amide bonds. The van der Waals surface area contributed by atoms with Crippen LogP contribution in [-0.4, -0.2) is 11.2 Å². The fourth-order valence-electron chi connectivity index (χ4n) is 1.53. The van der Waals surface area contributed by atoms with E-state index in [-0.39, 0.29) is 23.0 Å². The Labute approximate surface area is 112 Å². The molecule has 1 aromatic rings. The minimum atomic E-state index is -0.859. The van der Waals surface area contributed by atoms with Crippen molar-refractivity contribution in [2.75, 3.05) is 0 Å². The number of nitrogens with two attached hydrogens (primary N) is 1. The van der Waals surface area contributed by atoms with Gasteiger partial charge in [-0.1, -0.05) is 38.4 Å². The topological polar surface area (TPSA) is 46.2 Å². The molecule has 0 saturated heterocycles. The predicted molar refractivity (Wildman–Crippen MR) is 71.0 cm³/mol. The molecule has 0 heterocycles. The van der Waals surface area contributed by atoms with E-state index in [0.717, 1.165) is 0 Å². The van der Waals surface area contributed by atoms with Crippen LogP contribution in [0.25, 0.3) is 0 Å². The van der Waals surface area contributed by atoms with Crippen LogP contribution >= 0.6 is 24.0 Å². The van der Waals surface area contributed by atoms with Crippen molar-refractivity contribution in [1.29, 1.82) is 0 Å². The lowest BCUT2D eigenvalue weighted by atomic mass is 9.82. The summed E-state index contributed by atoms with van der Waals surface area (Å²) < 4.78 is 13.6. The number of aliphatic hydroxyl groups is 1. The van der Waals surface area contributed by atoms with Crippen LogP contribution < -0.4 is 5.73 Å². The first-order chi connectivity index (χ1) is 7.25. The van der Waals surface area contributed by atoms with Crippen molar-refractivity contribution >= 4 is 24.0 Å². The van der Waals surface area contributed by atoms with E-state index < -0.39 is 23.4 Å². The molecule has 0 bridgehead atoms. The fourth-order valence-corrected chi connectivity index (χ4v) is 1.81. The summed E-state index contributed by atoms with van der Waals surface area (Å²) in [6.07, 6.45) is -0.859. The zero-order chi connectivity index (χ0) is 12.5. The van der Waals surface area contributed by atoms with E-state index in [1.807, 2.05) is 20.8 Å². The second kappa shape index (κ2) is 6.01. The Bertz CT molecular complexity index is 359. The van der Waals surface area contributed by atoms with E-state index in [9.17, 15) is 9.50 Å². The Morgan fingerprint density at radius 1 is 1.35 bits per heavy atom. The Balaban J connectivity index is 0.00000256. The van der Waals surface area contributed by atoms with Crippen LogP contribution in [0, 0.1) is 11.2 Å². The van der Waals surface area contributed by atoms with Gasteiger partial charge in [-0.3, -0.25) is 0 Å². The van der Waals surface area contributed by atoms with Crippen molar-refractivity contribution in [3.63, 3.8) is 0 Å². The molecule has 17 heavy (non-hydrogen) atoms. The van der Waals surface area contributed by atoms with E-state index in [2.05, 4.69) is 0 Å². The normalized spacial score (nSPS) is 15.0. The van der Waals surface area contributed by atoms with E-state index in [1.54, 1.807) is 6.07 Å². The van der Waals surface area contributed by atoms with E-state index >= 15 is 0 Å². The summed E-state index contributed by atoms with van der Waals surface area (Å²) in [4.78, 5) is 0. The molecule has 1 aromatic carbocycles. The van der Waals surface area contributed by atoms with Gasteiger partial charge in [0.05, 0.1) is 12.1 Å². The molecule has 98 valence electrons. The van der Waals surface area contributed by atoms with Gasteiger partial charge in [0.25, 0.3) is 0 Å². The summed E-state index contributed by atoms with van der Waals surface area (Å²) in [5, 5.41) is 10.3. The molecule has 0 aliphatic carbocycles. The molecular weight excluding hydrogens is 264 g/mol. The minimum Gasteiger partial charge on any atom is -0.391 e. The van der Waals surface area contributed by atoms with Gasteiger partial charge in [0, 0.05) is 10.6 Å². The molecule has 0 aliphatic heterocycles. The average Bonchev–Trinajstić information content (AvgIpc) is 2.14. The Morgan fingerprint density at radius 2 is 1.88 bits per heavy atom. The average molecular weight is 282 g/mol.